The van der Waals surface area contributed by atoms with Gasteiger partial charge in [-0.25, -0.2) is 4.98 Å². The summed E-state index contributed by atoms with van der Waals surface area (Å²) in [6.45, 7) is 0. The fraction of sp³-hybridized carbons (Fsp3) is 0. The van der Waals surface area contributed by atoms with Crippen LogP contribution >= 0.6 is 22.9 Å². The van der Waals surface area contributed by atoms with Crippen LogP contribution in [0.5, 0.6) is 0 Å². The summed E-state index contributed by atoms with van der Waals surface area (Å²) in [5, 5.41) is 3.35. The lowest BCUT2D eigenvalue weighted by molar-refractivity contribution is 1.20. The zero-order valence-electron chi connectivity index (χ0n) is 8.46. The van der Waals surface area contributed by atoms with Gasteiger partial charge in [-0.1, -0.05) is 0 Å². The van der Waals surface area contributed by atoms with Crippen LogP contribution in [0.25, 0.3) is 10.3 Å². The fourth-order valence-electron chi connectivity index (χ4n) is 1.39. The normalized spacial score (nSPS) is 10.6. The third-order valence-corrected chi connectivity index (χ3v) is 3.10. The van der Waals surface area contributed by atoms with Crippen LogP contribution in [-0.4, -0.2) is 19.9 Å². The van der Waals surface area contributed by atoms with Crippen LogP contribution < -0.4 is 5.32 Å². The van der Waals surface area contributed by atoms with Crippen molar-refractivity contribution in [3.05, 3.63) is 35.3 Å². The molecular formula is C10H6ClN5S. The van der Waals surface area contributed by atoms with Crippen molar-refractivity contribution in [3.8, 4) is 0 Å². The Morgan fingerprint density at radius 2 is 2.00 bits per heavy atom. The number of rotatable bonds is 2. The van der Waals surface area contributed by atoms with E-state index in [1.165, 1.54) is 11.3 Å². The van der Waals surface area contributed by atoms with Gasteiger partial charge in [-0.2, -0.15) is 9.97 Å². The maximum Gasteiger partial charge on any atom is 0.226 e. The van der Waals surface area contributed by atoms with E-state index in [0.717, 1.165) is 10.4 Å². The molecule has 0 aliphatic carbocycles. The molecule has 0 saturated heterocycles. The second-order valence-corrected chi connectivity index (χ2v) is 4.40. The largest absolute Gasteiger partial charge is 0.339 e. The molecule has 0 aliphatic rings. The van der Waals surface area contributed by atoms with Crippen molar-refractivity contribution in [2.75, 3.05) is 5.32 Å². The Hall–Kier alpha value is -1.79. The standard InChI is InChI=1S/C10H6ClN5S/c11-10-15-8-7(17-5-13-8)9(16-10)14-6-1-3-12-4-2-6/h1-5H,(H,12,14,15,16). The summed E-state index contributed by atoms with van der Waals surface area (Å²) in [5.41, 5.74) is 3.21. The molecule has 3 rings (SSSR count). The predicted octanol–water partition coefficient (Wildman–Crippen LogP) is 2.88. The first-order chi connectivity index (χ1) is 8.33. The second-order valence-electron chi connectivity index (χ2n) is 3.21. The van der Waals surface area contributed by atoms with Gasteiger partial charge in [0, 0.05) is 18.1 Å². The number of hydrogen-bond acceptors (Lipinski definition) is 6. The van der Waals surface area contributed by atoms with Crippen molar-refractivity contribution in [3.63, 3.8) is 0 Å². The first-order valence-electron chi connectivity index (χ1n) is 4.77. The average molecular weight is 264 g/mol. The molecule has 0 fully saturated rings. The van der Waals surface area contributed by atoms with Crippen LogP contribution in [-0.2, 0) is 0 Å². The van der Waals surface area contributed by atoms with Gasteiger partial charge in [-0.05, 0) is 23.7 Å². The number of pyridine rings is 1. The highest BCUT2D eigenvalue weighted by Gasteiger charge is 2.09. The highest BCUT2D eigenvalue weighted by Crippen LogP contribution is 2.27. The Labute approximate surface area is 106 Å². The molecule has 0 radical (unpaired) electrons. The maximum atomic E-state index is 5.84. The lowest BCUT2D eigenvalue weighted by atomic mass is 10.4. The summed E-state index contributed by atoms with van der Waals surface area (Å²) < 4.78 is 0.881. The van der Waals surface area contributed by atoms with Crippen molar-refractivity contribution in [1.82, 2.24) is 19.9 Å². The van der Waals surface area contributed by atoms with Crippen LogP contribution in [0.1, 0.15) is 0 Å². The third-order valence-electron chi connectivity index (χ3n) is 2.11. The Kier molecular flexibility index (Phi) is 2.58. The van der Waals surface area contributed by atoms with Crippen LogP contribution in [0.15, 0.2) is 30.0 Å². The maximum absolute atomic E-state index is 5.84. The summed E-state index contributed by atoms with van der Waals surface area (Å²) in [4.78, 5) is 16.3. The molecule has 84 valence electrons. The number of nitrogens with zero attached hydrogens (tertiary/aromatic N) is 4. The molecule has 5 nitrogen and oxygen atoms in total. The molecule has 3 aromatic heterocycles. The first-order valence-corrected chi connectivity index (χ1v) is 6.02. The van der Waals surface area contributed by atoms with E-state index in [1.807, 2.05) is 12.1 Å². The molecular weight excluding hydrogens is 258 g/mol. The smallest absolute Gasteiger partial charge is 0.226 e. The number of aromatic nitrogens is 4. The first kappa shape index (κ1) is 10.4. The number of halogens is 1. The highest BCUT2D eigenvalue weighted by molar-refractivity contribution is 7.17. The van der Waals surface area contributed by atoms with Crippen molar-refractivity contribution in [2.45, 2.75) is 0 Å². The molecule has 0 aliphatic heterocycles. The zero-order chi connectivity index (χ0) is 11.7. The van der Waals surface area contributed by atoms with Crippen LogP contribution in [0.4, 0.5) is 11.5 Å². The molecule has 0 bridgehead atoms. The SMILES string of the molecule is Clc1nc(Nc2ccncc2)c2scnc2n1. The minimum Gasteiger partial charge on any atom is -0.339 e. The number of anilines is 2. The summed E-state index contributed by atoms with van der Waals surface area (Å²) in [5.74, 6) is 0.661. The molecule has 0 spiro atoms. The van der Waals surface area contributed by atoms with E-state index < -0.39 is 0 Å². The highest BCUT2D eigenvalue weighted by atomic mass is 35.5. The van der Waals surface area contributed by atoms with Crippen molar-refractivity contribution < 1.29 is 0 Å². The van der Waals surface area contributed by atoms with Gasteiger partial charge in [-0.15, -0.1) is 11.3 Å². The van der Waals surface area contributed by atoms with Gasteiger partial charge in [-0.3, -0.25) is 4.98 Å². The Morgan fingerprint density at radius 3 is 2.82 bits per heavy atom. The summed E-state index contributed by atoms with van der Waals surface area (Å²) in [7, 11) is 0. The summed E-state index contributed by atoms with van der Waals surface area (Å²) in [6.07, 6.45) is 3.41. The molecule has 3 aromatic rings. The van der Waals surface area contributed by atoms with Crippen molar-refractivity contribution in [1.29, 1.82) is 0 Å². The average Bonchev–Trinajstić information content (AvgIpc) is 2.78. The topological polar surface area (TPSA) is 63.6 Å². The number of nitrogens with one attached hydrogen (secondary N) is 1. The summed E-state index contributed by atoms with van der Waals surface area (Å²) >= 11 is 7.31. The van der Waals surface area contributed by atoms with Gasteiger partial charge in [0.1, 0.15) is 4.70 Å². The van der Waals surface area contributed by atoms with Gasteiger partial charge >= 0.3 is 0 Å². The van der Waals surface area contributed by atoms with Crippen molar-refractivity contribution >= 4 is 44.8 Å². The van der Waals surface area contributed by atoms with E-state index in [1.54, 1.807) is 17.9 Å². The quantitative estimate of drug-likeness (QED) is 0.720. The van der Waals surface area contributed by atoms with Crippen LogP contribution in [0.2, 0.25) is 5.28 Å². The van der Waals surface area contributed by atoms with E-state index in [0.29, 0.717) is 11.5 Å². The second kappa shape index (κ2) is 4.23. The number of fused-ring (bicyclic) bond motifs is 1. The summed E-state index contributed by atoms with van der Waals surface area (Å²) in [6, 6.07) is 3.70. The Morgan fingerprint density at radius 1 is 1.18 bits per heavy atom. The van der Waals surface area contributed by atoms with Gasteiger partial charge < -0.3 is 5.32 Å². The molecule has 3 heterocycles. The van der Waals surface area contributed by atoms with E-state index in [4.69, 9.17) is 11.6 Å². The van der Waals surface area contributed by atoms with E-state index in [-0.39, 0.29) is 5.28 Å². The molecule has 0 aromatic carbocycles. The monoisotopic (exact) mass is 263 g/mol. The lowest BCUT2D eigenvalue weighted by Crippen LogP contribution is -1.95. The van der Waals surface area contributed by atoms with E-state index >= 15 is 0 Å². The third kappa shape index (κ3) is 2.04. The van der Waals surface area contributed by atoms with Gasteiger partial charge in [0.2, 0.25) is 5.28 Å². The van der Waals surface area contributed by atoms with Crippen molar-refractivity contribution in [2.24, 2.45) is 0 Å². The minimum absolute atomic E-state index is 0.181. The predicted molar refractivity (Wildman–Crippen MR) is 67.7 cm³/mol. The fourth-order valence-corrected chi connectivity index (χ4v) is 2.23. The number of hydrogen-bond donors (Lipinski definition) is 1. The number of thiazole rings is 1. The lowest BCUT2D eigenvalue weighted by Gasteiger charge is -2.05. The Balaban J connectivity index is 2.08. The van der Waals surface area contributed by atoms with Gasteiger partial charge in [0.15, 0.2) is 11.5 Å². The molecule has 7 heteroatoms. The molecule has 0 atom stereocenters. The van der Waals surface area contributed by atoms with E-state index in [9.17, 15) is 0 Å². The van der Waals surface area contributed by atoms with E-state index in [2.05, 4.69) is 25.3 Å². The van der Waals surface area contributed by atoms with Gasteiger partial charge in [0.05, 0.1) is 5.51 Å². The Bertz CT molecular complexity index is 654. The molecule has 0 saturated carbocycles. The zero-order valence-corrected chi connectivity index (χ0v) is 10.0. The van der Waals surface area contributed by atoms with Crippen LogP contribution in [0.3, 0.4) is 0 Å². The van der Waals surface area contributed by atoms with Crippen LogP contribution in [0, 0.1) is 0 Å². The molecule has 1 N–H and O–H groups in total. The molecule has 0 amide bonds. The molecule has 17 heavy (non-hydrogen) atoms. The minimum atomic E-state index is 0.181. The van der Waals surface area contributed by atoms with Gasteiger partial charge in [0.25, 0.3) is 0 Å². The molecule has 0 unspecified atom stereocenters.